The van der Waals surface area contributed by atoms with Gasteiger partial charge in [-0.05, 0) is 33.4 Å². The van der Waals surface area contributed by atoms with Gasteiger partial charge in [0.2, 0.25) is 0 Å². The molecule has 0 aliphatic carbocycles. The van der Waals surface area contributed by atoms with E-state index in [2.05, 4.69) is 28.1 Å². The van der Waals surface area contributed by atoms with Crippen LogP contribution in [-0.4, -0.2) is 7.11 Å². The minimum absolute atomic E-state index is 0.947. The predicted octanol–water partition coefficient (Wildman–Crippen LogP) is 3.67. The van der Waals surface area contributed by atoms with Gasteiger partial charge >= 0.3 is 0 Å². The van der Waals surface area contributed by atoms with Crippen molar-refractivity contribution in [2.24, 2.45) is 0 Å². The van der Waals surface area contributed by atoms with Crippen LogP contribution in [0, 0.1) is 0 Å². The molecule has 1 heterocycles. The summed E-state index contributed by atoms with van der Waals surface area (Å²) in [5.41, 5.74) is 0. The van der Waals surface area contributed by atoms with Crippen LogP contribution in [0.1, 0.15) is 0 Å². The molecular formula is C9H7BrOS. The molecule has 0 aliphatic heterocycles. The van der Waals surface area contributed by atoms with E-state index in [0.717, 1.165) is 9.54 Å². The first-order chi connectivity index (χ1) is 5.81. The second kappa shape index (κ2) is 3.07. The minimum Gasteiger partial charge on any atom is -0.495 e. The van der Waals surface area contributed by atoms with Crippen LogP contribution in [0.4, 0.5) is 0 Å². The molecule has 0 amide bonds. The van der Waals surface area contributed by atoms with Gasteiger partial charge in [-0.15, -0.1) is 11.3 Å². The lowest BCUT2D eigenvalue weighted by Gasteiger charge is -1.98. The van der Waals surface area contributed by atoms with Crippen molar-refractivity contribution in [2.75, 3.05) is 7.11 Å². The lowest BCUT2D eigenvalue weighted by Crippen LogP contribution is -1.80. The van der Waals surface area contributed by atoms with Crippen molar-refractivity contribution in [3.05, 3.63) is 28.1 Å². The van der Waals surface area contributed by atoms with Gasteiger partial charge in [0, 0.05) is 0 Å². The molecule has 0 saturated heterocycles. The van der Waals surface area contributed by atoms with Crippen LogP contribution in [0.2, 0.25) is 0 Å². The Morgan fingerprint density at radius 3 is 3.00 bits per heavy atom. The van der Waals surface area contributed by atoms with Crippen molar-refractivity contribution < 1.29 is 4.74 Å². The van der Waals surface area contributed by atoms with E-state index in [9.17, 15) is 0 Å². The molecule has 62 valence electrons. The van der Waals surface area contributed by atoms with Gasteiger partial charge < -0.3 is 4.74 Å². The van der Waals surface area contributed by atoms with Crippen LogP contribution < -0.4 is 4.74 Å². The molecule has 2 rings (SSSR count). The molecule has 0 spiro atoms. The third kappa shape index (κ3) is 1.23. The molecule has 3 heteroatoms. The van der Waals surface area contributed by atoms with Crippen LogP contribution >= 0.6 is 27.3 Å². The Balaban J connectivity index is 2.78. The van der Waals surface area contributed by atoms with Crippen molar-refractivity contribution in [2.45, 2.75) is 0 Å². The Labute approximate surface area is 83.1 Å². The maximum Gasteiger partial charge on any atom is 0.136 e. The average molecular weight is 243 g/mol. The zero-order valence-electron chi connectivity index (χ0n) is 6.50. The Bertz CT molecular complexity index is 408. The van der Waals surface area contributed by atoms with Crippen molar-refractivity contribution >= 4 is 37.4 Å². The van der Waals surface area contributed by atoms with E-state index in [1.54, 1.807) is 18.4 Å². The SMILES string of the molecule is COc1cccc2cc(Br)sc12. The van der Waals surface area contributed by atoms with Crippen LogP contribution in [0.25, 0.3) is 10.1 Å². The second-order valence-corrected chi connectivity index (χ2v) is 4.86. The molecule has 0 unspecified atom stereocenters. The monoisotopic (exact) mass is 242 g/mol. The third-order valence-electron chi connectivity index (χ3n) is 1.70. The Kier molecular flexibility index (Phi) is 2.07. The maximum absolute atomic E-state index is 5.23. The van der Waals surface area contributed by atoms with Crippen molar-refractivity contribution in [3.8, 4) is 5.75 Å². The Hall–Kier alpha value is -0.540. The van der Waals surface area contributed by atoms with E-state index in [1.165, 1.54) is 10.1 Å². The number of benzene rings is 1. The van der Waals surface area contributed by atoms with Crippen LogP contribution in [0.15, 0.2) is 28.1 Å². The number of methoxy groups -OCH3 is 1. The molecule has 12 heavy (non-hydrogen) atoms. The molecule has 0 radical (unpaired) electrons. The summed E-state index contributed by atoms with van der Waals surface area (Å²) in [5.74, 6) is 0.947. The quantitative estimate of drug-likeness (QED) is 0.742. The zero-order valence-corrected chi connectivity index (χ0v) is 8.91. The highest BCUT2D eigenvalue weighted by Gasteiger charge is 2.03. The molecule has 0 aliphatic rings. The minimum atomic E-state index is 0.947. The fourth-order valence-electron chi connectivity index (χ4n) is 1.17. The summed E-state index contributed by atoms with van der Waals surface area (Å²) in [6.45, 7) is 0. The molecule has 2 aromatic rings. The number of ether oxygens (including phenoxy) is 1. The lowest BCUT2D eigenvalue weighted by molar-refractivity contribution is 0.420. The Morgan fingerprint density at radius 2 is 2.25 bits per heavy atom. The van der Waals surface area contributed by atoms with Crippen molar-refractivity contribution in [1.82, 2.24) is 0 Å². The first-order valence-corrected chi connectivity index (χ1v) is 5.14. The molecular weight excluding hydrogens is 236 g/mol. The highest BCUT2D eigenvalue weighted by Crippen LogP contribution is 2.35. The van der Waals surface area contributed by atoms with E-state index in [4.69, 9.17) is 4.74 Å². The van der Waals surface area contributed by atoms with Gasteiger partial charge in [-0.25, -0.2) is 0 Å². The molecule has 0 N–H and O–H groups in total. The first kappa shape index (κ1) is 8.08. The second-order valence-electron chi connectivity index (χ2n) is 2.43. The summed E-state index contributed by atoms with van der Waals surface area (Å²) in [6.07, 6.45) is 0. The molecule has 1 aromatic heterocycles. The summed E-state index contributed by atoms with van der Waals surface area (Å²) >= 11 is 5.15. The van der Waals surface area contributed by atoms with E-state index < -0.39 is 0 Å². The largest absolute Gasteiger partial charge is 0.495 e. The fraction of sp³-hybridized carbons (Fsp3) is 0.111. The summed E-state index contributed by atoms with van der Waals surface area (Å²) in [4.78, 5) is 0. The topological polar surface area (TPSA) is 9.23 Å². The number of rotatable bonds is 1. The summed E-state index contributed by atoms with van der Waals surface area (Å²) in [7, 11) is 1.70. The molecule has 0 saturated carbocycles. The van der Waals surface area contributed by atoms with Gasteiger partial charge in [0.1, 0.15) is 5.75 Å². The highest BCUT2D eigenvalue weighted by molar-refractivity contribution is 9.11. The Morgan fingerprint density at radius 1 is 1.42 bits per heavy atom. The van der Waals surface area contributed by atoms with Gasteiger partial charge in [0.15, 0.2) is 0 Å². The number of hydrogen-bond acceptors (Lipinski definition) is 2. The summed E-state index contributed by atoms with van der Waals surface area (Å²) in [5, 5.41) is 1.23. The summed E-state index contributed by atoms with van der Waals surface area (Å²) in [6, 6.07) is 8.16. The van der Waals surface area contributed by atoms with E-state index in [1.807, 2.05) is 12.1 Å². The van der Waals surface area contributed by atoms with E-state index >= 15 is 0 Å². The maximum atomic E-state index is 5.23. The molecule has 1 nitrogen and oxygen atoms in total. The van der Waals surface area contributed by atoms with Crippen molar-refractivity contribution in [1.29, 1.82) is 0 Å². The van der Waals surface area contributed by atoms with E-state index in [-0.39, 0.29) is 0 Å². The van der Waals surface area contributed by atoms with Gasteiger partial charge in [0.05, 0.1) is 15.6 Å². The molecule has 0 atom stereocenters. The van der Waals surface area contributed by atoms with E-state index in [0.29, 0.717) is 0 Å². The van der Waals surface area contributed by atoms with Gasteiger partial charge in [-0.3, -0.25) is 0 Å². The summed E-state index contributed by atoms with van der Waals surface area (Å²) < 4.78 is 7.57. The van der Waals surface area contributed by atoms with Gasteiger partial charge in [0.25, 0.3) is 0 Å². The predicted molar refractivity (Wildman–Crippen MR) is 56.1 cm³/mol. The number of fused-ring (bicyclic) bond motifs is 1. The zero-order chi connectivity index (χ0) is 8.55. The number of hydrogen-bond donors (Lipinski definition) is 0. The fourth-order valence-corrected chi connectivity index (χ4v) is 2.78. The lowest BCUT2D eigenvalue weighted by atomic mass is 10.2. The third-order valence-corrected chi connectivity index (χ3v) is 3.37. The van der Waals surface area contributed by atoms with Gasteiger partial charge in [-0.2, -0.15) is 0 Å². The van der Waals surface area contributed by atoms with Crippen LogP contribution in [0.3, 0.4) is 0 Å². The standard InChI is InChI=1S/C9H7BrOS/c1-11-7-4-2-3-6-5-8(10)12-9(6)7/h2-5H,1H3. The van der Waals surface area contributed by atoms with Crippen molar-refractivity contribution in [3.63, 3.8) is 0 Å². The van der Waals surface area contributed by atoms with Gasteiger partial charge in [-0.1, -0.05) is 12.1 Å². The average Bonchev–Trinajstić information content (AvgIpc) is 2.44. The normalized spacial score (nSPS) is 10.5. The number of thiophene rings is 1. The molecule has 0 bridgehead atoms. The first-order valence-electron chi connectivity index (χ1n) is 3.53. The molecule has 1 aromatic carbocycles. The highest BCUT2D eigenvalue weighted by atomic mass is 79.9. The smallest absolute Gasteiger partial charge is 0.136 e. The number of halogens is 1. The van der Waals surface area contributed by atoms with Crippen LogP contribution in [0.5, 0.6) is 5.75 Å². The molecule has 0 fully saturated rings. The van der Waals surface area contributed by atoms with Crippen LogP contribution in [-0.2, 0) is 0 Å².